The number of sulfonamides is 1. The van der Waals surface area contributed by atoms with E-state index in [2.05, 4.69) is 5.32 Å². The normalized spacial score (nSPS) is 11.2. The molecule has 1 heterocycles. The SMILES string of the molecule is CNC(=O)c1cc(S(=O)(=O)N(CCN)Cc2ccccc2)cn1C.Cl. The summed E-state index contributed by atoms with van der Waals surface area (Å²) < 4.78 is 28.7. The van der Waals surface area contributed by atoms with Crippen LogP contribution in [0.4, 0.5) is 0 Å². The molecule has 2 rings (SSSR count). The minimum Gasteiger partial charge on any atom is -0.354 e. The number of hydrogen-bond acceptors (Lipinski definition) is 4. The lowest BCUT2D eigenvalue weighted by Crippen LogP contribution is -2.34. The van der Waals surface area contributed by atoms with E-state index in [1.807, 2.05) is 30.3 Å². The lowest BCUT2D eigenvalue weighted by molar-refractivity contribution is 0.0955. The minimum absolute atomic E-state index is 0. The zero-order chi connectivity index (χ0) is 17.7. The number of amides is 1. The summed E-state index contributed by atoms with van der Waals surface area (Å²) in [6.07, 6.45) is 1.44. The Labute approximate surface area is 154 Å². The van der Waals surface area contributed by atoms with Crippen molar-refractivity contribution >= 4 is 28.3 Å². The maximum absolute atomic E-state index is 12.9. The molecule has 0 saturated heterocycles. The Morgan fingerprint density at radius 1 is 1.28 bits per heavy atom. The fraction of sp³-hybridized carbons (Fsp3) is 0.312. The van der Waals surface area contributed by atoms with E-state index in [-0.39, 0.29) is 48.5 Å². The first-order chi connectivity index (χ1) is 11.4. The van der Waals surface area contributed by atoms with Crippen molar-refractivity contribution in [2.75, 3.05) is 20.1 Å². The molecule has 1 aromatic heterocycles. The lowest BCUT2D eigenvalue weighted by atomic mass is 10.2. The standard InChI is InChI=1S/C16H22N4O3S.ClH/c1-18-16(21)15-10-14(12-19(15)2)24(22,23)20(9-8-17)11-13-6-4-3-5-7-13;/h3-7,10,12H,8-9,11,17H2,1-2H3,(H,18,21);1H. The second kappa shape index (κ2) is 9.00. The molecule has 9 heteroatoms. The van der Waals surface area contributed by atoms with Gasteiger partial charge in [-0.3, -0.25) is 4.79 Å². The molecule has 0 aliphatic rings. The molecule has 0 bridgehead atoms. The molecule has 3 N–H and O–H groups in total. The van der Waals surface area contributed by atoms with Gasteiger partial charge < -0.3 is 15.6 Å². The number of nitrogens with two attached hydrogens (primary N) is 1. The van der Waals surface area contributed by atoms with Crippen molar-refractivity contribution in [1.29, 1.82) is 0 Å². The number of hydrogen-bond donors (Lipinski definition) is 2. The second-order valence-corrected chi connectivity index (χ2v) is 7.30. The maximum atomic E-state index is 12.9. The quantitative estimate of drug-likeness (QED) is 0.740. The topological polar surface area (TPSA) is 97.4 Å². The van der Waals surface area contributed by atoms with E-state index >= 15 is 0 Å². The molecule has 2 aromatic rings. The predicted octanol–water partition coefficient (Wildman–Crippen LogP) is 0.956. The number of halogens is 1. The molecule has 7 nitrogen and oxygen atoms in total. The second-order valence-electron chi connectivity index (χ2n) is 5.36. The van der Waals surface area contributed by atoms with E-state index in [1.54, 1.807) is 7.05 Å². The number of aryl methyl sites for hydroxylation is 1. The summed E-state index contributed by atoms with van der Waals surface area (Å²) in [5.41, 5.74) is 6.74. The minimum atomic E-state index is -3.75. The van der Waals surface area contributed by atoms with Crippen molar-refractivity contribution in [1.82, 2.24) is 14.2 Å². The van der Waals surface area contributed by atoms with Crippen molar-refractivity contribution in [3.8, 4) is 0 Å². The maximum Gasteiger partial charge on any atom is 0.267 e. The third-order valence-corrected chi connectivity index (χ3v) is 5.47. The van der Waals surface area contributed by atoms with Gasteiger partial charge in [0.05, 0.1) is 0 Å². The summed E-state index contributed by atoms with van der Waals surface area (Å²) in [7, 11) is -0.620. The number of carbonyl (C=O) groups excluding carboxylic acids is 1. The van der Waals surface area contributed by atoms with Crippen LogP contribution in [0.5, 0.6) is 0 Å². The molecule has 1 amide bonds. The van der Waals surface area contributed by atoms with Gasteiger partial charge in [-0.2, -0.15) is 4.31 Å². The van der Waals surface area contributed by atoms with Crippen LogP contribution in [0.15, 0.2) is 47.5 Å². The van der Waals surface area contributed by atoms with E-state index in [1.165, 1.54) is 28.2 Å². The average molecular weight is 387 g/mol. The van der Waals surface area contributed by atoms with Crippen LogP contribution in [0, 0.1) is 0 Å². The van der Waals surface area contributed by atoms with Gasteiger partial charge in [-0.05, 0) is 11.6 Å². The largest absolute Gasteiger partial charge is 0.354 e. The molecular weight excluding hydrogens is 364 g/mol. The highest BCUT2D eigenvalue weighted by Gasteiger charge is 2.27. The van der Waals surface area contributed by atoms with Gasteiger partial charge in [0.15, 0.2) is 0 Å². The molecule has 0 aliphatic heterocycles. The molecule has 0 spiro atoms. The molecule has 0 aliphatic carbocycles. The number of benzene rings is 1. The third-order valence-electron chi connectivity index (χ3n) is 3.66. The van der Waals surface area contributed by atoms with Gasteiger partial charge in [-0.25, -0.2) is 8.42 Å². The number of nitrogens with zero attached hydrogens (tertiary/aromatic N) is 2. The smallest absolute Gasteiger partial charge is 0.267 e. The molecule has 0 saturated carbocycles. The Morgan fingerprint density at radius 3 is 2.48 bits per heavy atom. The van der Waals surface area contributed by atoms with Gasteiger partial charge in [0.2, 0.25) is 10.0 Å². The van der Waals surface area contributed by atoms with Crippen LogP contribution in [0.2, 0.25) is 0 Å². The lowest BCUT2D eigenvalue weighted by Gasteiger charge is -2.21. The monoisotopic (exact) mass is 386 g/mol. The molecule has 25 heavy (non-hydrogen) atoms. The van der Waals surface area contributed by atoms with E-state index < -0.39 is 10.0 Å². The van der Waals surface area contributed by atoms with E-state index in [0.29, 0.717) is 0 Å². The van der Waals surface area contributed by atoms with Crippen molar-refractivity contribution in [3.05, 3.63) is 53.9 Å². The Hall–Kier alpha value is -1.87. The molecule has 138 valence electrons. The first-order valence-corrected chi connectivity index (χ1v) is 8.96. The number of aromatic nitrogens is 1. The zero-order valence-corrected chi connectivity index (χ0v) is 15.8. The van der Waals surface area contributed by atoms with Crippen molar-refractivity contribution in [3.63, 3.8) is 0 Å². The molecule has 0 atom stereocenters. The number of rotatable bonds is 7. The average Bonchev–Trinajstić information content (AvgIpc) is 2.97. The molecule has 0 radical (unpaired) electrons. The zero-order valence-electron chi connectivity index (χ0n) is 14.2. The van der Waals surface area contributed by atoms with Crippen LogP contribution in [-0.2, 0) is 23.6 Å². The van der Waals surface area contributed by atoms with E-state index in [0.717, 1.165) is 5.56 Å². The van der Waals surface area contributed by atoms with Crippen LogP contribution >= 0.6 is 12.4 Å². The van der Waals surface area contributed by atoms with Gasteiger partial charge in [-0.1, -0.05) is 30.3 Å². The van der Waals surface area contributed by atoms with Gasteiger partial charge in [0.25, 0.3) is 5.91 Å². The van der Waals surface area contributed by atoms with Crippen LogP contribution < -0.4 is 11.1 Å². The van der Waals surface area contributed by atoms with E-state index in [9.17, 15) is 13.2 Å². The van der Waals surface area contributed by atoms with Crippen LogP contribution in [0.3, 0.4) is 0 Å². The summed E-state index contributed by atoms with van der Waals surface area (Å²) in [6.45, 7) is 0.632. The van der Waals surface area contributed by atoms with Crippen LogP contribution in [0.1, 0.15) is 16.1 Å². The fourth-order valence-electron chi connectivity index (χ4n) is 2.39. The van der Waals surface area contributed by atoms with E-state index in [4.69, 9.17) is 5.73 Å². The third kappa shape index (κ3) is 4.82. The van der Waals surface area contributed by atoms with Gasteiger partial charge in [-0.15, -0.1) is 12.4 Å². The highest BCUT2D eigenvalue weighted by molar-refractivity contribution is 7.89. The Morgan fingerprint density at radius 2 is 1.92 bits per heavy atom. The fourth-order valence-corrected chi connectivity index (χ4v) is 3.91. The Bertz CT molecular complexity index is 806. The highest BCUT2D eigenvalue weighted by atomic mass is 35.5. The molecule has 0 fully saturated rings. The predicted molar refractivity (Wildman–Crippen MR) is 99.1 cm³/mol. The molecule has 0 unspecified atom stereocenters. The summed E-state index contributed by atoms with van der Waals surface area (Å²) in [6, 6.07) is 10.7. The van der Waals surface area contributed by atoms with Crippen molar-refractivity contribution < 1.29 is 13.2 Å². The highest BCUT2D eigenvalue weighted by Crippen LogP contribution is 2.20. The first-order valence-electron chi connectivity index (χ1n) is 7.52. The summed E-state index contributed by atoms with van der Waals surface area (Å²) in [4.78, 5) is 11.9. The van der Waals surface area contributed by atoms with Gasteiger partial charge >= 0.3 is 0 Å². The van der Waals surface area contributed by atoms with Gasteiger partial charge in [0, 0.05) is 39.9 Å². The van der Waals surface area contributed by atoms with Crippen LogP contribution in [-0.4, -0.2) is 43.3 Å². The summed E-state index contributed by atoms with van der Waals surface area (Å²) in [5, 5.41) is 2.49. The van der Waals surface area contributed by atoms with Gasteiger partial charge in [0.1, 0.15) is 10.6 Å². The van der Waals surface area contributed by atoms with Crippen LogP contribution in [0.25, 0.3) is 0 Å². The summed E-state index contributed by atoms with van der Waals surface area (Å²) >= 11 is 0. The Kier molecular flexibility index (Phi) is 7.62. The molecular formula is C16H23ClN4O3S. The molecule has 1 aromatic carbocycles. The van der Waals surface area contributed by atoms with Crippen molar-refractivity contribution in [2.24, 2.45) is 12.8 Å². The Balaban J connectivity index is 0.00000312. The van der Waals surface area contributed by atoms with Crippen molar-refractivity contribution in [2.45, 2.75) is 11.4 Å². The number of nitrogens with one attached hydrogen (secondary N) is 1. The summed E-state index contributed by atoms with van der Waals surface area (Å²) in [5.74, 6) is -0.340. The number of carbonyl (C=O) groups is 1. The first kappa shape index (κ1) is 21.2.